The number of carbonyl (C=O) groups excluding carboxylic acids is 1. The number of thiazole rings is 1. The van der Waals surface area contributed by atoms with Crippen LogP contribution in [-0.2, 0) is 4.79 Å². The number of benzene rings is 2. The van der Waals surface area contributed by atoms with Gasteiger partial charge in [-0.2, -0.15) is 4.68 Å². The molecule has 0 atom stereocenters. The normalized spacial score (nSPS) is 14.9. The molecule has 2 aromatic carbocycles. The van der Waals surface area contributed by atoms with Gasteiger partial charge in [0.2, 0.25) is 11.1 Å². The van der Waals surface area contributed by atoms with Gasteiger partial charge in [0.05, 0.1) is 26.7 Å². The van der Waals surface area contributed by atoms with E-state index in [-0.39, 0.29) is 5.91 Å². The van der Waals surface area contributed by atoms with Gasteiger partial charge in [-0.1, -0.05) is 42.1 Å². The Bertz CT molecular complexity index is 1180. The second-order valence-electron chi connectivity index (χ2n) is 7.62. The highest BCUT2D eigenvalue weighted by Gasteiger charge is 2.26. The Labute approximate surface area is 188 Å². The summed E-state index contributed by atoms with van der Waals surface area (Å²) in [6, 6.07) is 16.2. The smallest absolute Gasteiger partial charge is 0.233 e. The molecule has 4 aromatic rings. The number of hydrogen-bond acceptors (Lipinski definition) is 7. The van der Waals surface area contributed by atoms with E-state index in [4.69, 9.17) is 4.98 Å². The lowest BCUT2D eigenvalue weighted by molar-refractivity contribution is -0.129. The molecule has 9 heteroatoms. The number of carbonyl (C=O) groups is 1. The summed E-state index contributed by atoms with van der Waals surface area (Å²) in [6.07, 6.45) is 1.91. The van der Waals surface area contributed by atoms with Crippen LogP contribution in [0.1, 0.15) is 29.3 Å². The summed E-state index contributed by atoms with van der Waals surface area (Å²) in [5.74, 6) is 0.896. The van der Waals surface area contributed by atoms with Crippen molar-refractivity contribution in [1.29, 1.82) is 0 Å². The van der Waals surface area contributed by atoms with Crippen molar-refractivity contribution in [3.05, 3.63) is 59.1 Å². The van der Waals surface area contributed by atoms with Crippen LogP contribution in [0.2, 0.25) is 0 Å². The number of para-hydroxylation sites is 2. The molecule has 0 saturated carbocycles. The van der Waals surface area contributed by atoms with Gasteiger partial charge in [0.15, 0.2) is 0 Å². The van der Waals surface area contributed by atoms with E-state index in [2.05, 4.69) is 33.7 Å². The number of nitrogens with zero attached hydrogens (tertiary/aromatic N) is 6. The maximum Gasteiger partial charge on any atom is 0.233 e. The van der Waals surface area contributed by atoms with Gasteiger partial charge in [0.25, 0.3) is 0 Å². The van der Waals surface area contributed by atoms with E-state index in [0.717, 1.165) is 42.7 Å². The number of likely N-dealkylation sites (tertiary alicyclic amines) is 1. The summed E-state index contributed by atoms with van der Waals surface area (Å²) in [5.41, 5.74) is 3.09. The van der Waals surface area contributed by atoms with Crippen molar-refractivity contribution in [3.63, 3.8) is 0 Å². The first-order chi connectivity index (χ1) is 15.2. The predicted molar refractivity (Wildman–Crippen MR) is 123 cm³/mol. The van der Waals surface area contributed by atoms with Crippen molar-refractivity contribution in [2.24, 2.45) is 0 Å². The monoisotopic (exact) mass is 450 g/mol. The second-order valence-corrected chi connectivity index (χ2v) is 9.63. The molecular formula is C22H22N6OS2. The Balaban J connectivity index is 1.18. The molecule has 0 bridgehead atoms. The van der Waals surface area contributed by atoms with Crippen molar-refractivity contribution in [3.8, 4) is 5.69 Å². The van der Waals surface area contributed by atoms with Gasteiger partial charge >= 0.3 is 0 Å². The molecule has 31 heavy (non-hydrogen) atoms. The first-order valence-corrected chi connectivity index (χ1v) is 12.1. The summed E-state index contributed by atoms with van der Waals surface area (Å²) in [6.45, 7) is 3.55. The fraction of sp³-hybridized carbons (Fsp3) is 0.318. The predicted octanol–water partition coefficient (Wildman–Crippen LogP) is 4.08. The van der Waals surface area contributed by atoms with Gasteiger partial charge < -0.3 is 4.90 Å². The molecule has 0 N–H and O–H groups in total. The minimum Gasteiger partial charge on any atom is -0.342 e. The highest BCUT2D eigenvalue weighted by molar-refractivity contribution is 7.99. The maximum absolute atomic E-state index is 12.8. The highest BCUT2D eigenvalue weighted by Crippen LogP contribution is 2.34. The molecule has 1 amide bonds. The standard InChI is InChI=1S/C22H22N6OS2/c1-15-6-2-4-8-18(15)28-22(24-25-26-28)30-14-20(29)27-12-10-16(11-13-27)21-23-17-7-3-5-9-19(17)31-21/h2-9,16H,10-14H2,1H3. The summed E-state index contributed by atoms with van der Waals surface area (Å²) < 4.78 is 2.94. The van der Waals surface area contributed by atoms with Crippen molar-refractivity contribution in [1.82, 2.24) is 30.1 Å². The van der Waals surface area contributed by atoms with Gasteiger partial charge in [-0.15, -0.1) is 16.4 Å². The molecule has 2 aromatic heterocycles. The number of thioether (sulfide) groups is 1. The average molecular weight is 451 g/mol. The molecule has 1 aliphatic heterocycles. The van der Waals surface area contributed by atoms with Gasteiger partial charge in [0.1, 0.15) is 0 Å². The highest BCUT2D eigenvalue weighted by atomic mass is 32.2. The van der Waals surface area contributed by atoms with Gasteiger partial charge in [-0.05, 0) is 54.0 Å². The van der Waals surface area contributed by atoms with Crippen LogP contribution in [0.15, 0.2) is 53.7 Å². The van der Waals surface area contributed by atoms with Crippen molar-refractivity contribution in [2.45, 2.75) is 30.8 Å². The van der Waals surface area contributed by atoms with Gasteiger partial charge in [-0.25, -0.2) is 4.98 Å². The Hall–Kier alpha value is -2.78. The minimum absolute atomic E-state index is 0.132. The molecule has 0 aliphatic carbocycles. The molecule has 1 fully saturated rings. The zero-order chi connectivity index (χ0) is 21.2. The first-order valence-electron chi connectivity index (χ1n) is 10.3. The molecule has 158 valence electrons. The average Bonchev–Trinajstić information content (AvgIpc) is 3.45. The van der Waals surface area contributed by atoms with Crippen molar-refractivity contribution >= 4 is 39.2 Å². The molecular weight excluding hydrogens is 428 g/mol. The number of piperidine rings is 1. The van der Waals surface area contributed by atoms with Gasteiger partial charge in [-0.3, -0.25) is 4.79 Å². The number of rotatable bonds is 5. The van der Waals surface area contributed by atoms with E-state index in [9.17, 15) is 4.79 Å². The maximum atomic E-state index is 12.8. The van der Waals surface area contributed by atoms with Crippen LogP contribution in [0, 0.1) is 6.92 Å². The zero-order valence-corrected chi connectivity index (χ0v) is 18.8. The van der Waals surface area contributed by atoms with E-state index < -0.39 is 0 Å². The molecule has 0 spiro atoms. The number of aromatic nitrogens is 5. The third kappa shape index (κ3) is 4.20. The molecule has 7 nitrogen and oxygen atoms in total. The summed E-state index contributed by atoms with van der Waals surface area (Å²) >= 11 is 3.16. The Morgan fingerprint density at radius 2 is 1.90 bits per heavy atom. The topological polar surface area (TPSA) is 76.8 Å². The third-order valence-corrected chi connectivity index (χ3v) is 7.72. The quantitative estimate of drug-likeness (QED) is 0.427. The van der Waals surface area contributed by atoms with Crippen LogP contribution in [0.25, 0.3) is 15.9 Å². The number of amides is 1. The fourth-order valence-corrected chi connectivity index (χ4v) is 5.80. The Morgan fingerprint density at radius 3 is 2.71 bits per heavy atom. The number of tetrazole rings is 1. The van der Waals surface area contributed by atoms with Crippen LogP contribution in [-0.4, -0.2) is 54.8 Å². The molecule has 3 heterocycles. The third-order valence-electron chi connectivity index (χ3n) is 5.62. The van der Waals surface area contributed by atoms with E-state index in [1.807, 2.05) is 42.2 Å². The van der Waals surface area contributed by atoms with E-state index in [1.165, 1.54) is 21.5 Å². The Kier molecular flexibility index (Phi) is 5.69. The molecule has 1 aliphatic rings. The van der Waals surface area contributed by atoms with Crippen LogP contribution in [0.5, 0.6) is 0 Å². The largest absolute Gasteiger partial charge is 0.342 e. The number of aryl methyl sites for hydroxylation is 1. The van der Waals surface area contributed by atoms with E-state index in [1.54, 1.807) is 16.0 Å². The van der Waals surface area contributed by atoms with E-state index in [0.29, 0.717) is 16.8 Å². The molecule has 1 saturated heterocycles. The van der Waals surface area contributed by atoms with Crippen molar-refractivity contribution in [2.75, 3.05) is 18.8 Å². The molecule has 0 radical (unpaired) electrons. The van der Waals surface area contributed by atoms with Crippen molar-refractivity contribution < 1.29 is 4.79 Å². The Morgan fingerprint density at radius 1 is 1.13 bits per heavy atom. The SMILES string of the molecule is Cc1ccccc1-n1nnnc1SCC(=O)N1CCC(c2nc3ccccc3s2)CC1. The molecule has 0 unspecified atom stereocenters. The van der Waals surface area contributed by atoms with Crippen LogP contribution < -0.4 is 0 Å². The second kappa shape index (κ2) is 8.76. The first kappa shape index (κ1) is 20.1. The van der Waals surface area contributed by atoms with Gasteiger partial charge in [0, 0.05) is 19.0 Å². The lowest BCUT2D eigenvalue weighted by Crippen LogP contribution is -2.39. The number of hydrogen-bond donors (Lipinski definition) is 0. The zero-order valence-electron chi connectivity index (χ0n) is 17.1. The number of fused-ring (bicyclic) bond motifs is 1. The summed E-state index contributed by atoms with van der Waals surface area (Å²) in [5, 5.41) is 13.8. The summed E-state index contributed by atoms with van der Waals surface area (Å²) in [4.78, 5) is 19.6. The minimum atomic E-state index is 0.132. The fourth-order valence-electron chi connectivity index (χ4n) is 3.88. The molecule has 5 rings (SSSR count). The van der Waals surface area contributed by atoms with Crippen LogP contribution >= 0.6 is 23.1 Å². The van der Waals surface area contributed by atoms with Crippen LogP contribution in [0.3, 0.4) is 0 Å². The lowest BCUT2D eigenvalue weighted by Gasteiger charge is -2.31. The van der Waals surface area contributed by atoms with E-state index >= 15 is 0 Å². The van der Waals surface area contributed by atoms with Crippen LogP contribution in [0.4, 0.5) is 0 Å². The summed E-state index contributed by atoms with van der Waals surface area (Å²) in [7, 11) is 0. The lowest BCUT2D eigenvalue weighted by atomic mass is 9.97.